The Labute approximate surface area is 113 Å². The fraction of sp³-hybridized carbons (Fsp3) is 0.600. The van der Waals surface area contributed by atoms with E-state index in [1.165, 1.54) is 0 Å². The van der Waals surface area contributed by atoms with Gasteiger partial charge in [-0.2, -0.15) is 0 Å². The Hall–Kier alpha value is -1.41. The Bertz CT molecular complexity index is 614. The van der Waals surface area contributed by atoms with E-state index in [2.05, 4.69) is 4.52 Å². The van der Waals surface area contributed by atoms with Crippen LogP contribution in [0.4, 0.5) is 4.39 Å². The molecule has 8 nitrogen and oxygen atoms in total. The highest BCUT2D eigenvalue weighted by Crippen LogP contribution is 2.40. The SMILES string of the molecule is CC1(F)C(O)C(COP=O)OC1n1ccc(=O)[nH]c1=O. The van der Waals surface area contributed by atoms with Crippen LogP contribution in [0.25, 0.3) is 0 Å². The first kappa shape index (κ1) is 15.0. The molecule has 0 saturated carbocycles. The summed E-state index contributed by atoms with van der Waals surface area (Å²) in [6.45, 7) is 0.759. The number of hydrogen-bond donors (Lipinski definition) is 2. The molecular weight excluding hydrogens is 294 g/mol. The maximum Gasteiger partial charge on any atom is 0.330 e. The van der Waals surface area contributed by atoms with Crippen molar-refractivity contribution in [2.45, 2.75) is 31.0 Å². The topological polar surface area (TPSA) is 111 Å². The van der Waals surface area contributed by atoms with Gasteiger partial charge in [0.15, 0.2) is 11.9 Å². The number of nitrogens with one attached hydrogen (secondary N) is 1. The van der Waals surface area contributed by atoms with Crippen molar-refractivity contribution in [3.63, 3.8) is 0 Å². The van der Waals surface area contributed by atoms with Crippen LogP contribution >= 0.6 is 8.69 Å². The Morgan fingerprint density at radius 1 is 1.65 bits per heavy atom. The lowest BCUT2D eigenvalue weighted by atomic mass is 9.98. The van der Waals surface area contributed by atoms with E-state index in [0.717, 1.165) is 23.8 Å². The van der Waals surface area contributed by atoms with Crippen molar-refractivity contribution in [1.29, 1.82) is 0 Å². The number of aliphatic hydroxyl groups is 1. The molecule has 2 heterocycles. The average Bonchev–Trinajstić information content (AvgIpc) is 2.60. The highest BCUT2D eigenvalue weighted by Gasteiger charge is 2.55. The Morgan fingerprint density at radius 3 is 2.95 bits per heavy atom. The van der Waals surface area contributed by atoms with E-state index in [9.17, 15) is 23.7 Å². The molecule has 1 aliphatic rings. The molecule has 2 rings (SSSR count). The number of alkyl halides is 1. The minimum atomic E-state index is -2.28. The zero-order valence-corrected chi connectivity index (χ0v) is 11.2. The minimum Gasteiger partial charge on any atom is -0.387 e. The fourth-order valence-electron chi connectivity index (χ4n) is 2.07. The number of rotatable bonds is 4. The van der Waals surface area contributed by atoms with Gasteiger partial charge >= 0.3 is 14.4 Å². The number of hydrogen-bond acceptors (Lipinski definition) is 6. The predicted octanol–water partition coefficient (Wildman–Crippen LogP) is -0.254. The van der Waals surface area contributed by atoms with Crippen LogP contribution in [0.1, 0.15) is 13.2 Å². The van der Waals surface area contributed by atoms with Gasteiger partial charge in [0, 0.05) is 12.3 Å². The molecule has 0 aromatic carbocycles. The third-order valence-corrected chi connectivity index (χ3v) is 3.37. The summed E-state index contributed by atoms with van der Waals surface area (Å²) in [5.41, 5.74) is -3.77. The van der Waals surface area contributed by atoms with Gasteiger partial charge in [-0.1, -0.05) is 0 Å². The summed E-state index contributed by atoms with van der Waals surface area (Å²) in [5, 5.41) is 9.85. The molecule has 2 N–H and O–H groups in total. The van der Waals surface area contributed by atoms with Crippen molar-refractivity contribution < 1.29 is 23.3 Å². The van der Waals surface area contributed by atoms with Crippen molar-refractivity contribution >= 4 is 8.69 Å². The first-order valence-corrected chi connectivity index (χ1v) is 6.39. The van der Waals surface area contributed by atoms with Gasteiger partial charge in [0.05, 0.1) is 6.61 Å². The summed E-state index contributed by atoms with van der Waals surface area (Å²) in [6.07, 6.45) is -3.02. The van der Waals surface area contributed by atoms with Crippen LogP contribution in [-0.2, 0) is 13.8 Å². The first-order chi connectivity index (χ1) is 9.37. The van der Waals surface area contributed by atoms with E-state index in [0.29, 0.717) is 0 Å². The summed E-state index contributed by atoms with van der Waals surface area (Å²) in [7, 11) is -0.628. The molecule has 0 amide bonds. The highest BCUT2D eigenvalue weighted by molar-refractivity contribution is 7.17. The standard InChI is InChI=1S/C10H12FN2O6P/c1-10(11)7(15)5(4-18-20-17)19-8(10)13-3-2-6(14)12-9(13)16/h2-3,5,7-8,15H,4H2,1H3,(H,12,14,16). The van der Waals surface area contributed by atoms with E-state index < -0.39 is 44.0 Å². The first-order valence-electron chi connectivity index (χ1n) is 5.66. The van der Waals surface area contributed by atoms with Crippen LogP contribution in [0.2, 0.25) is 0 Å². The van der Waals surface area contributed by atoms with Crippen molar-refractivity contribution in [3.8, 4) is 0 Å². The number of halogens is 1. The molecule has 1 fully saturated rings. The molecule has 1 aromatic rings. The number of aromatic nitrogens is 2. The van der Waals surface area contributed by atoms with Crippen LogP contribution in [0.5, 0.6) is 0 Å². The molecule has 110 valence electrons. The fourth-order valence-corrected chi connectivity index (χ4v) is 2.27. The number of nitrogens with zero attached hydrogens (tertiary/aromatic N) is 1. The molecule has 0 aliphatic carbocycles. The maximum atomic E-state index is 14.6. The second kappa shape index (κ2) is 5.53. The number of aliphatic hydroxyl groups excluding tert-OH is 1. The van der Waals surface area contributed by atoms with Gasteiger partial charge in [-0.25, -0.2) is 13.8 Å². The Morgan fingerprint density at radius 2 is 2.35 bits per heavy atom. The zero-order chi connectivity index (χ0) is 14.9. The largest absolute Gasteiger partial charge is 0.387 e. The van der Waals surface area contributed by atoms with Gasteiger partial charge in [-0.3, -0.25) is 18.9 Å². The second-order valence-electron chi connectivity index (χ2n) is 4.51. The van der Waals surface area contributed by atoms with Crippen molar-refractivity contribution in [2.24, 2.45) is 0 Å². The molecule has 1 saturated heterocycles. The number of aromatic amines is 1. The zero-order valence-electron chi connectivity index (χ0n) is 10.4. The third kappa shape index (κ3) is 2.57. The van der Waals surface area contributed by atoms with Crippen LogP contribution in [0, 0.1) is 0 Å². The molecule has 0 bridgehead atoms. The van der Waals surface area contributed by atoms with Gasteiger partial charge in [-0.05, 0) is 6.92 Å². The predicted molar refractivity (Wildman–Crippen MR) is 64.3 cm³/mol. The van der Waals surface area contributed by atoms with E-state index in [-0.39, 0.29) is 6.61 Å². The molecule has 0 radical (unpaired) electrons. The van der Waals surface area contributed by atoms with Crippen LogP contribution < -0.4 is 11.2 Å². The van der Waals surface area contributed by atoms with Crippen molar-refractivity contribution in [3.05, 3.63) is 33.1 Å². The van der Waals surface area contributed by atoms with Gasteiger partial charge < -0.3 is 9.84 Å². The van der Waals surface area contributed by atoms with E-state index in [4.69, 9.17) is 4.74 Å². The van der Waals surface area contributed by atoms with Crippen molar-refractivity contribution in [1.82, 2.24) is 9.55 Å². The molecule has 1 aromatic heterocycles. The lowest BCUT2D eigenvalue weighted by molar-refractivity contribution is -0.0577. The van der Waals surface area contributed by atoms with Crippen LogP contribution in [0.3, 0.4) is 0 Å². The monoisotopic (exact) mass is 306 g/mol. The molecule has 0 spiro atoms. The summed E-state index contributed by atoms with van der Waals surface area (Å²) >= 11 is 0. The lowest BCUT2D eigenvalue weighted by Gasteiger charge is -2.24. The van der Waals surface area contributed by atoms with Gasteiger partial charge in [0.2, 0.25) is 0 Å². The Balaban J connectivity index is 2.34. The van der Waals surface area contributed by atoms with E-state index >= 15 is 0 Å². The normalized spacial score (nSPS) is 33.6. The number of ether oxygens (including phenoxy) is 1. The van der Waals surface area contributed by atoms with Crippen LogP contribution in [-0.4, -0.2) is 39.1 Å². The molecular formula is C10H12FN2O6P. The quantitative estimate of drug-likeness (QED) is 0.742. The average molecular weight is 306 g/mol. The number of H-pyrrole nitrogens is 1. The summed E-state index contributed by atoms with van der Waals surface area (Å²) in [5.74, 6) is 0. The van der Waals surface area contributed by atoms with E-state index in [1.807, 2.05) is 4.98 Å². The molecule has 1 aliphatic heterocycles. The lowest BCUT2D eigenvalue weighted by Crippen LogP contribution is -2.43. The minimum absolute atomic E-state index is 0.305. The molecule has 10 heteroatoms. The third-order valence-electron chi connectivity index (χ3n) is 3.11. The summed E-state index contributed by atoms with van der Waals surface area (Å²) in [4.78, 5) is 24.6. The summed E-state index contributed by atoms with van der Waals surface area (Å²) in [6, 6.07) is 1.04. The summed E-state index contributed by atoms with van der Waals surface area (Å²) < 4.78 is 35.4. The molecule has 4 atom stereocenters. The van der Waals surface area contributed by atoms with Crippen LogP contribution in [0.15, 0.2) is 21.9 Å². The molecule has 4 unspecified atom stereocenters. The molecule has 20 heavy (non-hydrogen) atoms. The Kier molecular flexibility index (Phi) is 4.14. The van der Waals surface area contributed by atoms with Gasteiger partial charge in [0.25, 0.3) is 5.56 Å². The van der Waals surface area contributed by atoms with Gasteiger partial charge in [-0.15, -0.1) is 0 Å². The van der Waals surface area contributed by atoms with Gasteiger partial charge in [0.1, 0.15) is 12.2 Å². The smallest absolute Gasteiger partial charge is 0.330 e. The van der Waals surface area contributed by atoms with Crippen molar-refractivity contribution in [2.75, 3.05) is 6.61 Å². The highest BCUT2D eigenvalue weighted by atomic mass is 31.1. The maximum absolute atomic E-state index is 14.6. The van der Waals surface area contributed by atoms with E-state index in [1.54, 1.807) is 0 Å². The second-order valence-corrected chi connectivity index (χ2v) is 4.92.